The van der Waals surface area contributed by atoms with Crippen molar-refractivity contribution in [1.82, 2.24) is 19.8 Å². The number of likely N-dealkylation sites (tertiary alicyclic amines) is 1. The second-order valence-corrected chi connectivity index (χ2v) is 5.47. The van der Waals surface area contributed by atoms with E-state index >= 15 is 0 Å². The van der Waals surface area contributed by atoms with Crippen LogP contribution in [0, 0.1) is 0 Å². The summed E-state index contributed by atoms with van der Waals surface area (Å²) in [4.78, 5) is 7.07. The summed E-state index contributed by atoms with van der Waals surface area (Å²) in [7, 11) is 4.09. The van der Waals surface area contributed by atoms with E-state index in [-0.39, 0.29) is 11.6 Å². The molecule has 1 aromatic heterocycles. The molecule has 2 heterocycles. The van der Waals surface area contributed by atoms with Crippen molar-refractivity contribution in [3.8, 4) is 0 Å². The number of aryl methyl sites for hydroxylation is 1. The number of rotatable bonds is 4. The summed E-state index contributed by atoms with van der Waals surface area (Å²) >= 11 is 0. The Kier molecular flexibility index (Phi) is 3.54. The average Bonchev–Trinajstić information content (AvgIpc) is 2.91. The summed E-state index contributed by atoms with van der Waals surface area (Å²) in [6, 6.07) is 0.264. The van der Waals surface area contributed by atoms with Crippen LogP contribution in [0.25, 0.3) is 0 Å². The van der Waals surface area contributed by atoms with Gasteiger partial charge in [-0.3, -0.25) is 4.90 Å². The van der Waals surface area contributed by atoms with Gasteiger partial charge in [-0.15, -0.1) is 0 Å². The third kappa shape index (κ3) is 2.24. The fourth-order valence-corrected chi connectivity index (χ4v) is 2.93. The van der Waals surface area contributed by atoms with Gasteiger partial charge in [0.2, 0.25) is 0 Å². The molecule has 1 aromatic rings. The van der Waals surface area contributed by atoms with Gasteiger partial charge in [0.1, 0.15) is 5.82 Å². The molecule has 1 aliphatic rings. The van der Waals surface area contributed by atoms with Crippen molar-refractivity contribution in [2.24, 2.45) is 7.05 Å². The van der Waals surface area contributed by atoms with E-state index in [1.54, 1.807) is 0 Å². The molecular weight excluding hydrogens is 212 g/mol. The standard InChI is InChI=1S/C13H24N4/c1-13(2,17-8-5-6-9-17)11(14-3)12-15-7-10-16(12)4/h7,10-11,14H,5-6,8-9H2,1-4H3. The fourth-order valence-electron chi connectivity index (χ4n) is 2.93. The molecule has 1 N–H and O–H groups in total. The number of nitrogens with one attached hydrogen (secondary N) is 1. The van der Waals surface area contributed by atoms with Crippen LogP contribution in [0.4, 0.5) is 0 Å². The first kappa shape index (κ1) is 12.6. The van der Waals surface area contributed by atoms with Crippen LogP contribution in [0.1, 0.15) is 38.6 Å². The van der Waals surface area contributed by atoms with Crippen molar-refractivity contribution in [1.29, 1.82) is 0 Å². The number of hydrogen-bond acceptors (Lipinski definition) is 3. The van der Waals surface area contributed by atoms with Crippen LogP contribution in [0.5, 0.6) is 0 Å². The summed E-state index contributed by atoms with van der Waals surface area (Å²) in [5.74, 6) is 1.12. The lowest BCUT2D eigenvalue weighted by atomic mass is 9.92. The Morgan fingerprint density at radius 3 is 2.47 bits per heavy atom. The molecule has 4 nitrogen and oxygen atoms in total. The van der Waals surface area contributed by atoms with Gasteiger partial charge in [-0.25, -0.2) is 4.98 Å². The van der Waals surface area contributed by atoms with Gasteiger partial charge in [0.25, 0.3) is 0 Å². The van der Waals surface area contributed by atoms with Crippen LogP contribution in [0.2, 0.25) is 0 Å². The molecule has 1 saturated heterocycles. The third-order valence-electron chi connectivity index (χ3n) is 4.03. The maximum Gasteiger partial charge on any atom is 0.127 e. The van der Waals surface area contributed by atoms with E-state index in [0.717, 1.165) is 5.82 Å². The Bertz CT molecular complexity index is 363. The van der Waals surface area contributed by atoms with E-state index in [2.05, 4.69) is 40.7 Å². The van der Waals surface area contributed by atoms with Crippen molar-refractivity contribution in [2.75, 3.05) is 20.1 Å². The molecule has 1 unspecified atom stereocenters. The lowest BCUT2D eigenvalue weighted by molar-refractivity contribution is 0.105. The number of aromatic nitrogens is 2. The first-order valence-corrected chi connectivity index (χ1v) is 6.47. The lowest BCUT2D eigenvalue weighted by Gasteiger charge is -2.41. The molecule has 4 heteroatoms. The van der Waals surface area contributed by atoms with Crippen molar-refractivity contribution in [2.45, 2.75) is 38.3 Å². The van der Waals surface area contributed by atoms with E-state index < -0.39 is 0 Å². The van der Waals surface area contributed by atoms with E-state index in [0.29, 0.717) is 0 Å². The maximum absolute atomic E-state index is 4.50. The third-order valence-corrected chi connectivity index (χ3v) is 4.03. The van der Waals surface area contributed by atoms with E-state index in [4.69, 9.17) is 0 Å². The molecule has 2 rings (SSSR count). The maximum atomic E-state index is 4.50. The molecule has 0 aromatic carbocycles. The van der Waals surface area contributed by atoms with Crippen LogP contribution in [0.3, 0.4) is 0 Å². The monoisotopic (exact) mass is 236 g/mol. The van der Waals surface area contributed by atoms with E-state index in [1.165, 1.54) is 25.9 Å². The predicted octanol–water partition coefficient (Wildman–Crippen LogP) is 1.55. The molecule has 17 heavy (non-hydrogen) atoms. The summed E-state index contributed by atoms with van der Waals surface area (Å²) < 4.78 is 2.11. The van der Waals surface area contributed by atoms with Crippen LogP contribution < -0.4 is 5.32 Å². The average molecular weight is 236 g/mol. The zero-order valence-electron chi connectivity index (χ0n) is 11.4. The molecule has 1 atom stereocenters. The minimum Gasteiger partial charge on any atom is -0.337 e. The van der Waals surface area contributed by atoms with Gasteiger partial charge in [-0.1, -0.05) is 0 Å². The highest BCUT2D eigenvalue weighted by Gasteiger charge is 2.38. The quantitative estimate of drug-likeness (QED) is 0.861. The van der Waals surface area contributed by atoms with Crippen LogP contribution in [-0.4, -0.2) is 40.1 Å². The molecule has 96 valence electrons. The second-order valence-electron chi connectivity index (χ2n) is 5.47. The summed E-state index contributed by atoms with van der Waals surface area (Å²) in [5, 5.41) is 3.44. The molecule has 0 bridgehead atoms. The first-order chi connectivity index (χ1) is 8.07. The van der Waals surface area contributed by atoms with Crippen molar-refractivity contribution < 1.29 is 0 Å². The smallest absolute Gasteiger partial charge is 0.127 e. The lowest BCUT2D eigenvalue weighted by Crippen LogP contribution is -2.51. The van der Waals surface area contributed by atoms with Crippen LogP contribution in [-0.2, 0) is 7.05 Å². The molecule has 1 aliphatic heterocycles. The van der Waals surface area contributed by atoms with Crippen molar-refractivity contribution in [3.05, 3.63) is 18.2 Å². The SMILES string of the molecule is CNC(c1nccn1C)C(C)(C)N1CCCC1. The van der Waals surface area contributed by atoms with Gasteiger partial charge in [0.15, 0.2) is 0 Å². The number of likely N-dealkylation sites (N-methyl/N-ethyl adjacent to an activating group) is 1. The molecule has 1 fully saturated rings. The molecule has 0 aliphatic carbocycles. The van der Waals surface area contributed by atoms with Gasteiger partial charge < -0.3 is 9.88 Å². The van der Waals surface area contributed by atoms with Crippen LogP contribution >= 0.6 is 0 Å². The minimum atomic E-state index is 0.102. The Labute approximate surface area is 104 Å². The first-order valence-electron chi connectivity index (χ1n) is 6.47. The van der Waals surface area contributed by atoms with E-state index in [9.17, 15) is 0 Å². The van der Waals surface area contributed by atoms with Crippen molar-refractivity contribution in [3.63, 3.8) is 0 Å². The second kappa shape index (κ2) is 4.78. The highest BCUT2D eigenvalue weighted by molar-refractivity contribution is 5.08. The zero-order valence-corrected chi connectivity index (χ0v) is 11.4. The highest BCUT2D eigenvalue weighted by atomic mass is 15.2. The molecular formula is C13H24N4. The Balaban J connectivity index is 2.25. The predicted molar refractivity (Wildman–Crippen MR) is 69.9 cm³/mol. The minimum absolute atomic E-state index is 0.102. The van der Waals surface area contributed by atoms with Crippen LogP contribution in [0.15, 0.2) is 12.4 Å². The number of hydrogen-bond donors (Lipinski definition) is 1. The van der Waals surface area contributed by atoms with E-state index in [1.807, 2.05) is 19.4 Å². The van der Waals surface area contributed by atoms with Gasteiger partial charge >= 0.3 is 0 Å². The van der Waals surface area contributed by atoms with Gasteiger partial charge in [-0.2, -0.15) is 0 Å². The van der Waals surface area contributed by atoms with Gasteiger partial charge in [0.05, 0.1) is 6.04 Å². The fraction of sp³-hybridized carbons (Fsp3) is 0.769. The van der Waals surface area contributed by atoms with Gasteiger partial charge in [-0.05, 0) is 46.8 Å². The molecule has 0 spiro atoms. The summed E-state index contributed by atoms with van der Waals surface area (Å²) in [6.45, 7) is 7.04. The normalized spacial score (nSPS) is 19.8. The Morgan fingerprint density at radius 2 is 2.00 bits per heavy atom. The zero-order chi connectivity index (χ0) is 12.5. The highest BCUT2D eigenvalue weighted by Crippen LogP contribution is 2.32. The largest absolute Gasteiger partial charge is 0.337 e. The van der Waals surface area contributed by atoms with Gasteiger partial charge in [0, 0.05) is 25.0 Å². The topological polar surface area (TPSA) is 33.1 Å². The molecule has 0 saturated carbocycles. The number of imidazole rings is 1. The molecule has 0 radical (unpaired) electrons. The Morgan fingerprint density at radius 1 is 1.35 bits per heavy atom. The molecule has 0 amide bonds. The summed E-state index contributed by atoms with van der Waals surface area (Å²) in [5.41, 5.74) is 0.102. The number of nitrogens with zero attached hydrogens (tertiary/aromatic N) is 3. The summed E-state index contributed by atoms with van der Waals surface area (Å²) in [6.07, 6.45) is 6.53. The Hall–Kier alpha value is -0.870. The van der Waals surface area contributed by atoms with Crippen molar-refractivity contribution >= 4 is 0 Å².